The van der Waals surface area contributed by atoms with E-state index in [1.54, 1.807) is 0 Å². The molecule has 35 heavy (non-hydrogen) atoms. The Hall–Kier alpha value is -2.63. The first-order chi connectivity index (χ1) is 16.5. The molecule has 1 aromatic carbocycles. The van der Waals surface area contributed by atoms with Gasteiger partial charge in [0.15, 0.2) is 0 Å². The number of amides is 1. The maximum atomic E-state index is 13.3. The largest absolute Gasteiger partial charge is 0.481 e. The number of hydrogen-bond acceptors (Lipinski definition) is 4. The predicted molar refractivity (Wildman–Crippen MR) is 137 cm³/mol. The third kappa shape index (κ3) is 6.53. The smallest absolute Gasteiger partial charge is 0.303 e. The van der Waals surface area contributed by atoms with Crippen molar-refractivity contribution in [2.45, 2.75) is 97.8 Å². The Balaban J connectivity index is 1.50. The summed E-state index contributed by atoms with van der Waals surface area (Å²) in [5.41, 5.74) is 5.29. The van der Waals surface area contributed by atoms with Crippen LogP contribution in [0.25, 0.3) is 0 Å². The van der Waals surface area contributed by atoms with Crippen LogP contribution >= 0.6 is 0 Å². The summed E-state index contributed by atoms with van der Waals surface area (Å²) < 4.78 is 5.94. The van der Waals surface area contributed by atoms with Gasteiger partial charge >= 0.3 is 5.97 Å². The fraction of sp³-hybridized carbons (Fsp3) is 0.621. The average Bonchev–Trinajstić information content (AvgIpc) is 3.49. The highest BCUT2D eigenvalue weighted by Crippen LogP contribution is 2.52. The Morgan fingerprint density at radius 3 is 2.49 bits per heavy atom. The van der Waals surface area contributed by atoms with Crippen molar-refractivity contribution in [3.05, 3.63) is 46.3 Å². The minimum absolute atomic E-state index is 0.0501. The Labute approximate surface area is 208 Å². The lowest BCUT2D eigenvalue weighted by atomic mass is 9.67. The molecule has 0 saturated heterocycles. The molecule has 2 saturated carbocycles. The average molecular weight is 481 g/mol. The van der Waals surface area contributed by atoms with Crippen molar-refractivity contribution < 1.29 is 19.2 Å². The lowest BCUT2D eigenvalue weighted by molar-refractivity contribution is -0.137. The summed E-state index contributed by atoms with van der Waals surface area (Å²) in [5, 5.41) is 16.8. The maximum Gasteiger partial charge on any atom is 0.303 e. The van der Waals surface area contributed by atoms with Gasteiger partial charge in [-0.1, -0.05) is 43.6 Å². The van der Waals surface area contributed by atoms with Crippen LogP contribution in [0.15, 0.2) is 22.7 Å². The van der Waals surface area contributed by atoms with Gasteiger partial charge in [0.25, 0.3) is 0 Å². The van der Waals surface area contributed by atoms with E-state index < -0.39 is 11.9 Å². The van der Waals surface area contributed by atoms with Gasteiger partial charge in [0.1, 0.15) is 5.76 Å². The van der Waals surface area contributed by atoms with E-state index >= 15 is 0 Å². The van der Waals surface area contributed by atoms with Crippen molar-refractivity contribution in [2.75, 3.05) is 5.32 Å². The summed E-state index contributed by atoms with van der Waals surface area (Å²) >= 11 is 0. The van der Waals surface area contributed by atoms with Gasteiger partial charge in [0.05, 0.1) is 5.69 Å². The van der Waals surface area contributed by atoms with Crippen molar-refractivity contribution in [2.24, 2.45) is 17.3 Å². The van der Waals surface area contributed by atoms with Crippen LogP contribution in [-0.2, 0) is 16.0 Å². The maximum absolute atomic E-state index is 13.3. The zero-order valence-electron chi connectivity index (χ0n) is 21.8. The number of aromatic nitrogens is 1. The summed E-state index contributed by atoms with van der Waals surface area (Å²) in [7, 11) is 0. The summed E-state index contributed by atoms with van der Waals surface area (Å²) in [6, 6.07) is 5.91. The Morgan fingerprint density at radius 2 is 1.89 bits per heavy atom. The minimum atomic E-state index is -0.892. The Kier molecular flexibility index (Phi) is 7.39. The molecule has 1 aromatic heterocycles. The topological polar surface area (TPSA) is 92.4 Å². The van der Waals surface area contributed by atoms with Crippen molar-refractivity contribution in [1.29, 1.82) is 0 Å². The van der Waals surface area contributed by atoms with Crippen LogP contribution in [0.4, 0.5) is 5.69 Å². The molecule has 1 heterocycles. The molecule has 190 valence electrons. The van der Waals surface area contributed by atoms with E-state index in [2.05, 4.69) is 31.2 Å². The quantitative estimate of drug-likeness (QED) is 0.392. The van der Waals surface area contributed by atoms with Crippen molar-refractivity contribution >= 4 is 17.6 Å². The molecule has 2 N–H and O–H groups in total. The number of anilines is 1. The minimum Gasteiger partial charge on any atom is -0.481 e. The van der Waals surface area contributed by atoms with Crippen LogP contribution in [0.3, 0.4) is 0 Å². The lowest BCUT2D eigenvalue weighted by Gasteiger charge is -2.38. The van der Waals surface area contributed by atoms with E-state index in [1.807, 2.05) is 32.0 Å². The summed E-state index contributed by atoms with van der Waals surface area (Å²) in [6.07, 6.45) is 6.40. The molecule has 0 bridgehead atoms. The van der Waals surface area contributed by atoms with Gasteiger partial charge in [-0.05, 0) is 81.3 Å². The number of carboxylic acid groups (broad SMARTS) is 1. The lowest BCUT2D eigenvalue weighted by Crippen LogP contribution is -2.27. The fourth-order valence-electron chi connectivity index (χ4n) is 5.62. The van der Waals surface area contributed by atoms with E-state index in [-0.39, 0.29) is 18.7 Å². The van der Waals surface area contributed by atoms with Gasteiger partial charge in [0, 0.05) is 35.9 Å². The monoisotopic (exact) mass is 480 g/mol. The molecule has 1 amide bonds. The molecular formula is C29H40N2O4. The van der Waals surface area contributed by atoms with Gasteiger partial charge in [-0.3, -0.25) is 9.59 Å². The molecule has 0 unspecified atom stereocenters. The van der Waals surface area contributed by atoms with E-state index in [9.17, 15) is 14.7 Å². The highest BCUT2D eigenvalue weighted by molar-refractivity contribution is 5.93. The molecule has 0 radical (unpaired) electrons. The van der Waals surface area contributed by atoms with E-state index in [0.29, 0.717) is 23.7 Å². The van der Waals surface area contributed by atoms with Crippen LogP contribution in [-0.4, -0.2) is 22.1 Å². The zero-order valence-corrected chi connectivity index (χ0v) is 21.8. The SMILES string of the molecule is Cc1ccc(NC(=O)[C@@H](CCC(=O)O)Cc2noc(C3CC(CC(C)(C)C)C3)c2C2CC2)c(C)c1. The molecule has 2 aliphatic rings. The summed E-state index contributed by atoms with van der Waals surface area (Å²) in [4.78, 5) is 24.6. The summed E-state index contributed by atoms with van der Waals surface area (Å²) in [6.45, 7) is 10.9. The van der Waals surface area contributed by atoms with E-state index in [0.717, 1.165) is 59.9 Å². The first kappa shape index (κ1) is 25.5. The molecule has 0 spiro atoms. The van der Waals surface area contributed by atoms with Gasteiger partial charge in [0.2, 0.25) is 5.91 Å². The molecule has 1 atom stereocenters. The second-order valence-corrected chi connectivity index (χ2v) is 12.1. The molecule has 6 nitrogen and oxygen atoms in total. The van der Waals surface area contributed by atoms with Crippen molar-refractivity contribution in [1.82, 2.24) is 5.16 Å². The third-order valence-corrected chi connectivity index (χ3v) is 7.48. The number of benzene rings is 1. The van der Waals surface area contributed by atoms with Gasteiger partial charge in [-0.2, -0.15) is 0 Å². The number of aliphatic carboxylic acids is 1. The number of carbonyl (C=O) groups is 2. The first-order valence-electron chi connectivity index (χ1n) is 13.1. The number of rotatable bonds is 10. The normalized spacial score (nSPS) is 20.8. The molecule has 0 aliphatic heterocycles. The third-order valence-electron chi connectivity index (χ3n) is 7.48. The first-order valence-corrected chi connectivity index (χ1v) is 13.1. The van der Waals surface area contributed by atoms with Crippen LogP contribution < -0.4 is 5.32 Å². The Bertz CT molecular complexity index is 1070. The molecular weight excluding hydrogens is 440 g/mol. The van der Waals surface area contributed by atoms with Gasteiger partial charge in [-0.25, -0.2) is 0 Å². The van der Waals surface area contributed by atoms with E-state index in [4.69, 9.17) is 4.52 Å². The second-order valence-electron chi connectivity index (χ2n) is 12.1. The number of aryl methyl sites for hydroxylation is 2. The number of hydrogen-bond donors (Lipinski definition) is 2. The van der Waals surface area contributed by atoms with Crippen LogP contribution in [0.1, 0.15) is 106 Å². The van der Waals surface area contributed by atoms with Gasteiger partial charge in [-0.15, -0.1) is 0 Å². The molecule has 2 aromatic rings. The molecule has 2 aliphatic carbocycles. The number of nitrogens with zero attached hydrogens (tertiary/aromatic N) is 1. The van der Waals surface area contributed by atoms with Crippen molar-refractivity contribution in [3.63, 3.8) is 0 Å². The number of nitrogens with one attached hydrogen (secondary N) is 1. The fourth-order valence-corrected chi connectivity index (χ4v) is 5.62. The highest BCUT2D eigenvalue weighted by Gasteiger charge is 2.41. The van der Waals surface area contributed by atoms with Crippen LogP contribution in [0.2, 0.25) is 0 Å². The van der Waals surface area contributed by atoms with Crippen LogP contribution in [0, 0.1) is 31.1 Å². The standard InChI is InChI=1S/C29H40N2O4/c1-17-6-10-23(18(2)12-17)30-28(34)21(9-11-25(32)33)15-24-26(20-7-8-20)27(35-31-24)22-13-19(14-22)16-29(3,4)5/h6,10,12,19-22H,7-9,11,13-16H2,1-5H3,(H,30,34)(H,32,33)/t19?,21-,22?/m0/s1. The molecule has 4 rings (SSSR count). The van der Waals surface area contributed by atoms with Crippen molar-refractivity contribution in [3.8, 4) is 0 Å². The predicted octanol–water partition coefficient (Wildman–Crippen LogP) is 6.76. The number of carbonyl (C=O) groups excluding carboxylic acids is 1. The molecule has 2 fully saturated rings. The van der Waals surface area contributed by atoms with Gasteiger partial charge < -0.3 is 14.9 Å². The zero-order chi connectivity index (χ0) is 25.3. The second kappa shape index (κ2) is 10.2. The van der Waals surface area contributed by atoms with Crippen LogP contribution in [0.5, 0.6) is 0 Å². The molecule has 6 heteroatoms. The summed E-state index contributed by atoms with van der Waals surface area (Å²) in [5.74, 6) is 1.12. The van der Waals surface area contributed by atoms with E-state index in [1.165, 1.54) is 12.0 Å². The highest BCUT2D eigenvalue weighted by atomic mass is 16.5. The number of carboxylic acids is 1. The Morgan fingerprint density at radius 1 is 1.17 bits per heavy atom.